The van der Waals surface area contributed by atoms with E-state index in [0.717, 1.165) is 60.3 Å². The van der Waals surface area contributed by atoms with Crippen LogP contribution in [-0.2, 0) is 17.8 Å². The lowest BCUT2D eigenvalue weighted by Gasteiger charge is -2.35. The number of carbonyl (C=O) groups is 2. The van der Waals surface area contributed by atoms with Crippen LogP contribution in [0.1, 0.15) is 11.3 Å². The number of rotatable bonds is 8. The molecular weight excluding hydrogens is 462 g/mol. The molecule has 9 heteroatoms. The number of thiazole rings is 1. The molecule has 35 heavy (non-hydrogen) atoms. The van der Waals surface area contributed by atoms with Crippen LogP contribution in [0.5, 0.6) is 5.75 Å². The van der Waals surface area contributed by atoms with Crippen molar-refractivity contribution in [2.75, 3.05) is 40.0 Å². The molecule has 0 bridgehead atoms. The quantitative estimate of drug-likeness (QED) is 0.488. The first-order chi connectivity index (χ1) is 17.1. The van der Waals surface area contributed by atoms with Gasteiger partial charge in [0, 0.05) is 50.1 Å². The molecule has 1 N–H and O–H groups in total. The number of carbonyl (C=O) groups excluding carboxylic acids is 2. The first-order valence-corrected chi connectivity index (χ1v) is 12.7. The van der Waals surface area contributed by atoms with Crippen LogP contribution >= 0.6 is 11.3 Å². The third-order valence-corrected chi connectivity index (χ3v) is 7.41. The van der Waals surface area contributed by atoms with Gasteiger partial charge in [-0.3, -0.25) is 14.6 Å². The zero-order valence-corrected chi connectivity index (χ0v) is 20.5. The van der Waals surface area contributed by atoms with Crippen LogP contribution in [0.25, 0.3) is 10.6 Å². The van der Waals surface area contributed by atoms with Gasteiger partial charge in [-0.15, -0.1) is 11.3 Å². The van der Waals surface area contributed by atoms with E-state index in [0.29, 0.717) is 13.1 Å². The number of aromatic nitrogens is 1. The predicted octanol–water partition coefficient (Wildman–Crippen LogP) is 3.06. The fourth-order valence-electron chi connectivity index (χ4n) is 4.46. The number of amides is 3. The number of piperazine rings is 1. The van der Waals surface area contributed by atoms with Crippen molar-refractivity contribution in [1.82, 2.24) is 25.0 Å². The summed E-state index contributed by atoms with van der Waals surface area (Å²) in [7, 11) is 1.66. The number of benzene rings is 2. The SMILES string of the molecule is COc1ccc(-c2nc(CN3CCN(CN4C(=O)NC(Cc5ccccc5)C4=O)CC3)cs2)cc1. The van der Waals surface area contributed by atoms with Crippen molar-refractivity contribution in [3.05, 3.63) is 71.2 Å². The minimum atomic E-state index is -0.490. The van der Waals surface area contributed by atoms with Gasteiger partial charge in [-0.2, -0.15) is 0 Å². The Bertz CT molecular complexity index is 1160. The molecule has 3 aromatic rings. The van der Waals surface area contributed by atoms with E-state index in [4.69, 9.17) is 9.72 Å². The lowest BCUT2D eigenvalue weighted by Crippen LogP contribution is -2.51. The van der Waals surface area contributed by atoms with Crippen molar-refractivity contribution in [3.63, 3.8) is 0 Å². The molecule has 1 aromatic heterocycles. The summed E-state index contributed by atoms with van der Waals surface area (Å²) < 4.78 is 5.23. The lowest BCUT2D eigenvalue weighted by atomic mass is 10.1. The van der Waals surface area contributed by atoms with Gasteiger partial charge in [-0.1, -0.05) is 30.3 Å². The molecule has 2 aliphatic rings. The van der Waals surface area contributed by atoms with Gasteiger partial charge in [0.25, 0.3) is 5.91 Å². The van der Waals surface area contributed by atoms with Crippen LogP contribution in [0, 0.1) is 0 Å². The van der Waals surface area contributed by atoms with Crippen LogP contribution in [-0.4, -0.2) is 77.6 Å². The standard InChI is InChI=1S/C26H29N5O3S/c1-34-22-9-7-20(8-10-22)24-27-21(17-35-24)16-29-11-13-30(14-12-29)18-31-25(32)23(28-26(31)33)15-19-5-3-2-4-6-19/h2-10,17,23H,11-16,18H2,1H3,(H,28,33). The molecule has 0 radical (unpaired) electrons. The van der Waals surface area contributed by atoms with Crippen LogP contribution in [0.2, 0.25) is 0 Å². The van der Waals surface area contributed by atoms with Gasteiger partial charge in [-0.05, 0) is 29.8 Å². The zero-order valence-electron chi connectivity index (χ0n) is 19.7. The van der Waals surface area contributed by atoms with Crippen molar-refractivity contribution < 1.29 is 14.3 Å². The molecule has 2 aromatic carbocycles. The number of imide groups is 1. The van der Waals surface area contributed by atoms with Crippen LogP contribution in [0.3, 0.4) is 0 Å². The third kappa shape index (κ3) is 5.53. The topological polar surface area (TPSA) is 78.0 Å². The first-order valence-electron chi connectivity index (χ1n) is 11.8. The van der Waals surface area contributed by atoms with Gasteiger partial charge < -0.3 is 10.1 Å². The van der Waals surface area contributed by atoms with Gasteiger partial charge in [0.1, 0.15) is 16.8 Å². The fourth-order valence-corrected chi connectivity index (χ4v) is 5.28. The van der Waals surface area contributed by atoms with E-state index in [9.17, 15) is 9.59 Å². The van der Waals surface area contributed by atoms with Crippen LogP contribution in [0.4, 0.5) is 4.79 Å². The Morgan fingerprint density at radius 1 is 1.00 bits per heavy atom. The second-order valence-electron chi connectivity index (χ2n) is 8.87. The molecule has 0 spiro atoms. The maximum absolute atomic E-state index is 12.8. The van der Waals surface area contributed by atoms with Crippen LogP contribution < -0.4 is 10.1 Å². The summed E-state index contributed by atoms with van der Waals surface area (Å²) in [5.74, 6) is 0.693. The minimum absolute atomic E-state index is 0.144. The van der Waals surface area contributed by atoms with E-state index in [1.54, 1.807) is 18.4 Å². The second kappa shape index (κ2) is 10.6. The second-order valence-corrected chi connectivity index (χ2v) is 9.72. The van der Waals surface area contributed by atoms with E-state index < -0.39 is 6.04 Å². The highest BCUT2D eigenvalue weighted by atomic mass is 32.1. The number of urea groups is 1. The van der Waals surface area contributed by atoms with E-state index in [-0.39, 0.29) is 11.9 Å². The average Bonchev–Trinajstić information content (AvgIpc) is 3.46. The first kappa shape index (κ1) is 23.5. The molecule has 182 valence electrons. The van der Waals surface area contributed by atoms with Crippen molar-refractivity contribution in [2.45, 2.75) is 19.0 Å². The Hall–Kier alpha value is -3.27. The number of hydrogen-bond acceptors (Lipinski definition) is 7. The highest BCUT2D eigenvalue weighted by molar-refractivity contribution is 7.13. The molecule has 3 heterocycles. The van der Waals surface area contributed by atoms with E-state index in [1.165, 1.54) is 4.90 Å². The summed E-state index contributed by atoms with van der Waals surface area (Å²) in [5.41, 5.74) is 3.19. The van der Waals surface area contributed by atoms with E-state index >= 15 is 0 Å². The summed E-state index contributed by atoms with van der Waals surface area (Å²) in [4.78, 5) is 36.0. The summed E-state index contributed by atoms with van der Waals surface area (Å²) in [6.45, 7) is 4.47. The van der Waals surface area contributed by atoms with Gasteiger partial charge in [-0.25, -0.2) is 14.7 Å². The molecule has 5 rings (SSSR count). The minimum Gasteiger partial charge on any atom is -0.497 e. The predicted molar refractivity (Wildman–Crippen MR) is 135 cm³/mol. The molecule has 2 saturated heterocycles. The highest BCUT2D eigenvalue weighted by Crippen LogP contribution is 2.26. The number of methoxy groups -OCH3 is 1. The number of ether oxygens (including phenoxy) is 1. The largest absolute Gasteiger partial charge is 0.497 e. The summed E-state index contributed by atoms with van der Waals surface area (Å²) in [5, 5.41) is 5.96. The summed E-state index contributed by atoms with van der Waals surface area (Å²) in [6, 6.07) is 16.9. The molecule has 2 aliphatic heterocycles. The monoisotopic (exact) mass is 491 g/mol. The Morgan fingerprint density at radius 3 is 2.43 bits per heavy atom. The van der Waals surface area contributed by atoms with Crippen molar-refractivity contribution >= 4 is 23.3 Å². The fraction of sp³-hybridized carbons (Fsp3) is 0.346. The Morgan fingerprint density at radius 2 is 1.71 bits per heavy atom. The highest BCUT2D eigenvalue weighted by Gasteiger charge is 2.39. The van der Waals surface area contributed by atoms with Crippen molar-refractivity contribution in [1.29, 1.82) is 0 Å². The Labute approximate surface area is 209 Å². The van der Waals surface area contributed by atoms with Crippen molar-refractivity contribution in [2.24, 2.45) is 0 Å². The Balaban J connectivity index is 1.10. The molecular formula is C26H29N5O3S. The number of nitrogens with one attached hydrogen (secondary N) is 1. The molecule has 0 aliphatic carbocycles. The maximum atomic E-state index is 12.8. The van der Waals surface area contributed by atoms with Crippen molar-refractivity contribution in [3.8, 4) is 16.3 Å². The Kier molecular flexibility index (Phi) is 7.08. The van der Waals surface area contributed by atoms with Gasteiger partial charge in [0.05, 0.1) is 19.5 Å². The number of hydrogen-bond donors (Lipinski definition) is 1. The van der Waals surface area contributed by atoms with Gasteiger partial charge in [0.15, 0.2) is 0 Å². The van der Waals surface area contributed by atoms with Gasteiger partial charge in [0.2, 0.25) is 0 Å². The molecule has 1 atom stereocenters. The molecule has 2 fully saturated rings. The number of nitrogens with zero attached hydrogens (tertiary/aromatic N) is 4. The normalized spacial score (nSPS) is 19.2. The zero-order chi connectivity index (χ0) is 24.2. The van der Waals surface area contributed by atoms with Crippen LogP contribution in [0.15, 0.2) is 60.0 Å². The summed E-state index contributed by atoms with van der Waals surface area (Å²) in [6.07, 6.45) is 0.516. The van der Waals surface area contributed by atoms with E-state index in [2.05, 4.69) is 20.5 Å². The lowest BCUT2D eigenvalue weighted by molar-refractivity contribution is -0.129. The molecule has 1 unspecified atom stereocenters. The van der Waals surface area contributed by atoms with E-state index in [1.807, 2.05) is 54.6 Å². The third-order valence-electron chi connectivity index (χ3n) is 6.47. The average molecular weight is 492 g/mol. The summed E-state index contributed by atoms with van der Waals surface area (Å²) >= 11 is 1.65. The smallest absolute Gasteiger partial charge is 0.325 e. The molecule has 8 nitrogen and oxygen atoms in total. The maximum Gasteiger partial charge on any atom is 0.325 e. The molecule has 3 amide bonds. The molecule has 0 saturated carbocycles. The van der Waals surface area contributed by atoms with Gasteiger partial charge >= 0.3 is 6.03 Å².